The van der Waals surface area contributed by atoms with Gasteiger partial charge in [0.05, 0.1) is 12.1 Å². The van der Waals surface area contributed by atoms with E-state index in [1.165, 1.54) is 0 Å². The third-order valence-corrected chi connectivity index (χ3v) is 5.83. The Morgan fingerprint density at radius 3 is 2.76 bits per heavy atom. The van der Waals surface area contributed by atoms with Crippen LogP contribution in [0.15, 0.2) is 71.8 Å². The molecule has 7 nitrogen and oxygen atoms in total. The van der Waals surface area contributed by atoms with Crippen LogP contribution in [0.25, 0.3) is 10.9 Å². The molecular weight excluding hydrogens is 460 g/mol. The van der Waals surface area contributed by atoms with Gasteiger partial charge in [-0.15, -0.1) is 0 Å². The van der Waals surface area contributed by atoms with E-state index in [-0.39, 0.29) is 12.4 Å². The average Bonchev–Trinajstić information content (AvgIpc) is 3.25. The second kappa shape index (κ2) is 9.09. The van der Waals surface area contributed by atoms with Crippen molar-refractivity contribution < 1.29 is 9.47 Å². The van der Waals surface area contributed by atoms with E-state index in [1.54, 1.807) is 30.6 Å². The molecule has 0 spiro atoms. The summed E-state index contributed by atoms with van der Waals surface area (Å²) in [5.74, 6) is 1.28. The smallest absolute Gasteiger partial charge is 0.253 e. The summed E-state index contributed by atoms with van der Waals surface area (Å²) in [5.41, 5.74) is 2.80. The van der Waals surface area contributed by atoms with Gasteiger partial charge in [-0.2, -0.15) is 0 Å². The molecule has 166 valence electrons. The van der Waals surface area contributed by atoms with Crippen molar-refractivity contribution in [1.82, 2.24) is 14.9 Å². The molecule has 4 aromatic rings. The van der Waals surface area contributed by atoms with E-state index >= 15 is 0 Å². The Morgan fingerprint density at radius 1 is 1.12 bits per heavy atom. The Morgan fingerprint density at radius 2 is 1.97 bits per heavy atom. The highest BCUT2D eigenvalue weighted by Crippen LogP contribution is 2.35. The summed E-state index contributed by atoms with van der Waals surface area (Å²) in [7, 11) is 0. The zero-order valence-corrected chi connectivity index (χ0v) is 18.9. The van der Waals surface area contributed by atoms with Crippen molar-refractivity contribution in [2.24, 2.45) is 0 Å². The van der Waals surface area contributed by atoms with Crippen LogP contribution in [0.3, 0.4) is 0 Å². The Labute approximate surface area is 199 Å². The minimum Gasteiger partial charge on any atom is -0.454 e. The van der Waals surface area contributed by atoms with E-state index in [0.29, 0.717) is 45.8 Å². The lowest BCUT2D eigenvalue weighted by molar-refractivity contribution is 0.174. The fourth-order valence-electron chi connectivity index (χ4n) is 3.64. The number of fused-ring (bicyclic) bond motifs is 2. The van der Waals surface area contributed by atoms with Crippen LogP contribution in [-0.2, 0) is 13.1 Å². The van der Waals surface area contributed by atoms with Gasteiger partial charge in [0.2, 0.25) is 6.79 Å². The third-order valence-electron chi connectivity index (χ3n) is 5.23. The van der Waals surface area contributed by atoms with Crippen LogP contribution < -0.4 is 20.3 Å². The van der Waals surface area contributed by atoms with Crippen LogP contribution in [-0.4, -0.2) is 26.8 Å². The molecule has 0 saturated carbocycles. The van der Waals surface area contributed by atoms with Crippen LogP contribution in [0.1, 0.15) is 11.1 Å². The largest absolute Gasteiger partial charge is 0.454 e. The monoisotopic (exact) mass is 478 g/mol. The Balaban J connectivity index is 1.46. The second-order valence-corrected chi connectivity index (χ2v) is 8.40. The van der Waals surface area contributed by atoms with Crippen molar-refractivity contribution in [3.63, 3.8) is 0 Å². The molecule has 1 aliphatic rings. The first-order chi connectivity index (χ1) is 16.0. The molecule has 2 aromatic carbocycles. The van der Waals surface area contributed by atoms with Crippen molar-refractivity contribution in [1.29, 1.82) is 0 Å². The summed E-state index contributed by atoms with van der Waals surface area (Å²) >= 11 is 11.8. The summed E-state index contributed by atoms with van der Waals surface area (Å²) < 4.78 is 10.9. The molecule has 1 aliphatic heterocycles. The molecule has 5 rings (SSSR count). The number of hydrogen-bond donors (Lipinski definition) is 2. The SMILES string of the molecule is O=c1[nH]c2cc3c(cc2cc1CN(Cc1cccnc1)C(=S)Nc1cccc(Cl)c1)OCO3. The van der Waals surface area contributed by atoms with E-state index in [0.717, 1.165) is 16.6 Å². The number of aromatic amines is 1. The van der Waals surface area contributed by atoms with E-state index in [1.807, 2.05) is 41.3 Å². The number of pyridine rings is 2. The molecule has 3 heterocycles. The molecule has 9 heteroatoms. The molecule has 2 N–H and O–H groups in total. The lowest BCUT2D eigenvalue weighted by Gasteiger charge is -2.26. The van der Waals surface area contributed by atoms with Crippen molar-refractivity contribution in [2.75, 3.05) is 12.1 Å². The molecule has 0 fully saturated rings. The van der Waals surface area contributed by atoms with Gasteiger partial charge in [-0.1, -0.05) is 23.7 Å². The topological polar surface area (TPSA) is 79.5 Å². The molecule has 2 aromatic heterocycles. The number of ether oxygens (including phenoxy) is 2. The predicted molar refractivity (Wildman–Crippen MR) is 132 cm³/mol. The first kappa shape index (κ1) is 21.2. The molecule has 0 saturated heterocycles. The van der Waals surface area contributed by atoms with E-state index in [2.05, 4.69) is 15.3 Å². The molecule has 0 aliphatic carbocycles. The van der Waals surface area contributed by atoms with Crippen molar-refractivity contribution in [2.45, 2.75) is 13.1 Å². The number of H-pyrrole nitrogens is 1. The highest BCUT2D eigenvalue weighted by atomic mass is 35.5. The normalized spacial score (nSPS) is 12.0. The fraction of sp³-hybridized carbons (Fsp3) is 0.125. The first-order valence-corrected chi connectivity index (χ1v) is 11.0. The van der Waals surface area contributed by atoms with Crippen LogP contribution in [0.2, 0.25) is 5.02 Å². The second-order valence-electron chi connectivity index (χ2n) is 7.57. The Bertz CT molecular complexity index is 1390. The number of nitrogens with one attached hydrogen (secondary N) is 2. The van der Waals surface area contributed by atoms with Gasteiger partial charge >= 0.3 is 0 Å². The number of aromatic nitrogens is 2. The van der Waals surface area contributed by atoms with E-state index in [9.17, 15) is 4.79 Å². The number of hydrogen-bond acceptors (Lipinski definition) is 5. The molecule has 33 heavy (non-hydrogen) atoms. The lowest BCUT2D eigenvalue weighted by Crippen LogP contribution is -2.35. The zero-order valence-electron chi connectivity index (χ0n) is 17.4. The number of anilines is 1. The maximum absolute atomic E-state index is 12.9. The van der Waals surface area contributed by atoms with E-state index in [4.69, 9.17) is 33.3 Å². The maximum Gasteiger partial charge on any atom is 0.253 e. The highest BCUT2D eigenvalue weighted by molar-refractivity contribution is 7.80. The lowest BCUT2D eigenvalue weighted by atomic mass is 10.1. The average molecular weight is 479 g/mol. The molecule has 0 atom stereocenters. The van der Waals surface area contributed by atoms with Gasteiger partial charge in [-0.25, -0.2) is 0 Å². The number of halogens is 1. The minimum atomic E-state index is -0.192. The first-order valence-electron chi connectivity index (χ1n) is 10.2. The Hall–Kier alpha value is -3.62. The van der Waals surface area contributed by atoms with Gasteiger partial charge in [0, 0.05) is 46.7 Å². The summed E-state index contributed by atoms with van der Waals surface area (Å²) in [4.78, 5) is 21.9. The van der Waals surface area contributed by atoms with Crippen molar-refractivity contribution >= 4 is 45.5 Å². The fourth-order valence-corrected chi connectivity index (χ4v) is 4.08. The summed E-state index contributed by atoms with van der Waals surface area (Å²) in [6, 6.07) is 16.6. The van der Waals surface area contributed by atoms with Crippen molar-refractivity contribution in [3.8, 4) is 11.5 Å². The Kier molecular flexibility index (Phi) is 5.85. The van der Waals surface area contributed by atoms with Gasteiger partial charge in [0.1, 0.15) is 0 Å². The van der Waals surface area contributed by atoms with Crippen molar-refractivity contribution in [3.05, 3.63) is 93.5 Å². The third kappa shape index (κ3) is 4.76. The standard InChI is InChI=1S/C24H19ClN4O3S/c25-18-4-1-5-19(9-18)27-24(33)29(12-15-3-2-6-26-11-15)13-17-7-16-8-21-22(32-14-31-21)10-20(16)28-23(17)30/h1-11H,12-14H2,(H,27,33)(H,28,30). The van der Waals surface area contributed by atoms with Gasteiger partial charge in [0.15, 0.2) is 16.6 Å². The molecule has 0 radical (unpaired) electrons. The number of nitrogens with zero attached hydrogens (tertiary/aromatic N) is 2. The molecule has 0 bridgehead atoms. The summed E-state index contributed by atoms with van der Waals surface area (Å²) in [6.07, 6.45) is 3.49. The molecule has 0 amide bonds. The van der Waals surface area contributed by atoms with Gasteiger partial charge in [-0.05, 0) is 54.2 Å². The predicted octanol–water partition coefficient (Wildman–Crippen LogP) is 4.70. The number of rotatable bonds is 5. The summed E-state index contributed by atoms with van der Waals surface area (Å²) in [5, 5.41) is 5.14. The van der Waals surface area contributed by atoms with Crippen LogP contribution in [0, 0.1) is 0 Å². The molecule has 0 unspecified atom stereocenters. The van der Waals surface area contributed by atoms with E-state index < -0.39 is 0 Å². The van der Waals surface area contributed by atoms with Crippen LogP contribution >= 0.6 is 23.8 Å². The zero-order chi connectivity index (χ0) is 22.8. The van der Waals surface area contributed by atoms with Gasteiger partial charge in [-0.3, -0.25) is 9.78 Å². The summed E-state index contributed by atoms with van der Waals surface area (Å²) in [6.45, 7) is 0.935. The molecular formula is C24H19ClN4O3S. The highest BCUT2D eigenvalue weighted by Gasteiger charge is 2.18. The van der Waals surface area contributed by atoms with Crippen LogP contribution in [0.5, 0.6) is 11.5 Å². The number of thiocarbonyl (C=S) groups is 1. The number of benzene rings is 2. The van der Waals surface area contributed by atoms with Gasteiger partial charge in [0.25, 0.3) is 5.56 Å². The maximum atomic E-state index is 12.9. The van der Waals surface area contributed by atoms with Crippen LogP contribution in [0.4, 0.5) is 5.69 Å². The van der Waals surface area contributed by atoms with Gasteiger partial charge < -0.3 is 24.7 Å². The minimum absolute atomic E-state index is 0.172. The quantitative estimate of drug-likeness (QED) is 0.402.